The third-order valence-electron chi connectivity index (χ3n) is 4.85. The smallest absolute Gasteiger partial charge is 0.319 e. The van der Waals surface area contributed by atoms with Crippen LogP contribution in [0.1, 0.15) is 45.4 Å². The van der Waals surface area contributed by atoms with Crippen LogP contribution in [0.3, 0.4) is 0 Å². The molecular formula is C17H24N2O3S. The first-order valence-corrected chi connectivity index (χ1v) is 9.93. The minimum absolute atomic E-state index is 0.153. The summed E-state index contributed by atoms with van der Waals surface area (Å²) >= 11 is 0. The van der Waals surface area contributed by atoms with Crippen molar-refractivity contribution in [3.63, 3.8) is 0 Å². The summed E-state index contributed by atoms with van der Waals surface area (Å²) in [6, 6.07) is 6.45. The van der Waals surface area contributed by atoms with Gasteiger partial charge in [-0.3, -0.25) is 0 Å². The number of hydrogen-bond acceptors (Lipinski definition) is 3. The van der Waals surface area contributed by atoms with Crippen LogP contribution < -0.4 is 10.6 Å². The van der Waals surface area contributed by atoms with Gasteiger partial charge in [-0.2, -0.15) is 0 Å². The second-order valence-electron chi connectivity index (χ2n) is 6.70. The Kier molecular flexibility index (Phi) is 4.62. The first-order valence-electron chi connectivity index (χ1n) is 8.38. The Morgan fingerprint density at radius 2 is 1.87 bits per heavy atom. The quantitative estimate of drug-likeness (QED) is 0.866. The van der Waals surface area contributed by atoms with Gasteiger partial charge in [0.2, 0.25) is 0 Å². The molecule has 23 heavy (non-hydrogen) atoms. The van der Waals surface area contributed by atoms with E-state index in [-0.39, 0.29) is 17.3 Å². The summed E-state index contributed by atoms with van der Waals surface area (Å²) in [5.74, 6) is 0.579. The molecule has 0 radical (unpaired) electrons. The van der Waals surface area contributed by atoms with Crippen LogP contribution in [0.5, 0.6) is 0 Å². The Balaban J connectivity index is 1.68. The molecular weight excluding hydrogens is 312 g/mol. The van der Waals surface area contributed by atoms with Gasteiger partial charge >= 0.3 is 6.03 Å². The molecule has 1 aromatic rings. The van der Waals surface area contributed by atoms with E-state index in [0.717, 1.165) is 38.5 Å². The second-order valence-corrected chi connectivity index (χ2v) is 8.93. The monoisotopic (exact) mass is 336 g/mol. The largest absolute Gasteiger partial charge is 0.335 e. The van der Waals surface area contributed by atoms with Crippen molar-refractivity contribution in [2.45, 2.75) is 61.6 Å². The number of anilines is 1. The summed E-state index contributed by atoms with van der Waals surface area (Å²) in [5, 5.41) is 5.37. The van der Waals surface area contributed by atoms with Crippen LogP contribution in [0, 0.1) is 5.92 Å². The molecule has 0 spiro atoms. The molecule has 2 N–H and O–H groups in total. The van der Waals surface area contributed by atoms with Gasteiger partial charge in [0.25, 0.3) is 0 Å². The van der Waals surface area contributed by atoms with E-state index in [9.17, 15) is 13.2 Å². The Labute approximate surface area is 137 Å². The van der Waals surface area contributed by atoms with E-state index < -0.39 is 9.84 Å². The maximum absolute atomic E-state index is 12.6. The molecule has 2 aliphatic rings. The summed E-state index contributed by atoms with van der Waals surface area (Å²) in [6.07, 6.45) is 5.75. The fourth-order valence-electron chi connectivity index (χ4n) is 3.23. The van der Waals surface area contributed by atoms with Crippen molar-refractivity contribution in [1.29, 1.82) is 0 Å². The molecule has 126 valence electrons. The van der Waals surface area contributed by atoms with E-state index in [4.69, 9.17) is 0 Å². The predicted octanol–water partition coefficient (Wildman–Crippen LogP) is 3.32. The van der Waals surface area contributed by atoms with Gasteiger partial charge in [-0.25, -0.2) is 13.2 Å². The molecule has 6 heteroatoms. The third kappa shape index (κ3) is 3.86. The van der Waals surface area contributed by atoms with Crippen molar-refractivity contribution in [3.05, 3.63) is 24.3 Å². The number of amides is 2. The zero-order valence-corrected chi connectivity index (χ0v) is 14.2. The number of carbonyl (C=O) groups excluding carboxylic acids is 1. The van der Waals surface area contributed by atoms with Crippen molar-refractivity contribution in [3.8, 4) is 0 Å². The average molecular weight is 336 g/mol. The van der Waals surface area contributed by atoms with E-state index in [1.165, 1.54) is 0 Å². The highest BCUT2D eigenvalue weighted by Gasteiger charge is 2.31. The number of sulfone groups is 1. The Bertz CT molecular complexity index is 677. The van der Waals surface area contributed by atoms with Gasteiger partial charge in [0.15, 0.2) is 9.84 Å². The van der Waals surface area contributed by atoms with E-state index in [1.807, 2.05) is 6.92 Å². The van der Waals surface area contributed by atoms with E-state index in [0.29, 0.717) is 16.5 Å². The number of rotatable bonds is 5. The molecule has 2 aliphatic carbocycles. The van der Waals surface area contributed by atoms with Crippen LogP contribution in [-0.4, -0.2) is 25.7 Å². The number of urea groups is 1. The number of nitrogens with one attached hydrogen (secondary N) is 2. The van der Waals surface area contributed by atoms with Crippen molar-refractivity contribution < 1.29 is 13.2 Å². The molecule has 3 rings (SSSR count). The van der Waals surface area contributed by atoms with Crippen molar-refractivity contribution >= 4 is 21.6 Å². The van der Waals surface area contributed by atoms with Crippen LogP contribution in [-0.2, 0) is 9.84 Å². The molecule has 0 heterocycles. The van der Waals surface area contributed by atoms with E-state index in [2.05, 4.69) is 10.6 Å². The fraction of sp³-hybridized carbons (Fsp3) is 0.588. The van der Waals surface area contributed by atoms with Crippen LogP contribution in [0.4, 0.5) is 10.5 Å². The van der Waals surface area contributed by atoms with E-state index >= 15 is 0 Å². The molecule has 1 atom stereocenters. The van der Waals surface area contributed by atoms with Crippen LogP contribution in [0.25, 0.3) is 0 Å². The van der Waals surface area contributed by atoms with Crippen molar-refractivity contribution in [1.82, 2.24) is 5.32 Å². The maximum Gasteiger partial charge on any atom is 0.319 e. The molecule has 2 saturated carbocycles. The molecule has 0 bridgehead atoms. The molecule has 5 nitrogen and oxygen atoms in total. The van der Waals surface area contributed by atoms with Gasteiger partial charge in [-0.15, -0.1) is 0 Å². The third-order valence-corrected chi connectivity index (χ3v) is 7.11. The number of hydrogen-bond donors (Lipinski definition) is 2. The maximum atomic E-state index is 12.6. The van der Waals surface area contributed by atoms with Crippen molar-refractivity contribution in [2.24, 2.45) is 5.92 Å². The highest BCUT2D eigenvalue weighted by Crippen LogP contribution is 2.32. The second kappa shape index (κ2) is 6.51. The Hall–Kier alpha value is -1.56. The van der Waals surface area contributed by atoms with Gasteiger partial charge in [0, 0.05) is 11.7 Å². The van der Waals surface area contributed by atoms with E-state index in [1.54, 1.807) is 24.3 Å². The molecule has 2 amide bonds. The first kappa shape index (κ1) is 16.3. The summed E-state index contributed by atoms with van der Waals surface area (Å²) in [7, 11) is -3.30. The lowest BCUT2D eigenvalue weighted by molar-refractivity contribution is 0.248. The normalized spacial score (nSPS) is 20.2. The van der Waals surface area contributed by atoms with Gasteiger partial charge in [0.1, 0.15) is 0 Å². The highest BCUT2D eigenvalue weighted by atomic mass is 32.2. The van der Waals surface area contributed by atoms with Crippen molar-refractivity contribution in [2.75, 3.05) is 5.32 Å². The van der Waals surface area contributed by atoms with Gasteiger partial charge < -0.3 is 10.6 Å². The Morgan fingerprint density at radius 3 is 2.52 bits per heavy atom. The number of benzene rings is 1. The van der Waals surface area contributed by atoms with Crippen LogP contribution >= 0.6 is 0 Å². The minimum atomic E-state index is -3.30. The lowest BCUT2D eigenvalue weighted by atomic mass is 10.2. The molecule has 0 aliphatic heterocycles. The Morgan fingerprint density at radius 1 is 1.17 bits per heavy atom. The van der Waals surface area contributed by atoms with Crippen LogP contribution in [0.15, 0.2) is 29.2 Å². The molecule has 0 aromatic heterocycles. The SMILES string of the molecule is C[C@H](NC(=O)Nc1cccc(S(=O)(=O)C2CCCC2)c1)C1CC1. The number of carbonyl (C=O) groups is 1. The molecule has 1 aromatic carbocycles. The van der Waals surface area contributed by atoms with Gasteiger partial charge in [0.05, 0.1) is 10.1 Å². The standard InChI is InChI=1S/C17H24N2O3S/c1-12(13-9-10-13)18-17(20)19-14-5-4-8-16(11-14)23(21,22)15-6-2-3-7-15/h4-5,8,11-13,15H,2-3,6-7,9-10H2,1H3,(H2,18,19,20)/t12-/m0/s1. The minimum Gasteiger partial charge on any atom is -0.335 e. The van der Waals surface area contributed by atoms with Gasteiger partial charge in [-0.1, -0.05) is 18.9 Å². The lowest BCUT2D eigenvalue weighted by Crippen LogP contribution is -2.37. The fourth-order valence-corrected chi connectivity index (χ4v) is 5.13. The molecule has 0 unspecified atom stereocenters. The van der Waals surface area contributed by atoms with Gasteiger partial charge in [-0.05, 0) is 56.7 Å². The first-order chi connectivity index (χ1) is 11.0. The van der Waals surface area contributed by atoms with Crippen LogP contribution in [0.2, 0.25) is 0 Å². The predicted molar refractivity (Wildman–Crippen MR) is 90.2 cm³/mol. The topological polar surface area (TPSA) is 75.3 Å². The summed E-state index contributed by atoms with van der Waals surface area (Å²) in [4.78, 5) is 12.3. The average Bonchev–Trinajstić information content (AvgIpc) is 3.21. The highest BCUT2D eigenvalue weighted by molar-refractivity contribution is 7.92. The summed E-state index contributed by atoms with van der Waals surface area (Å²) in [5.41, 5.74) is 0.518. The zero-order valence-electron chi connectivity index (χ0n) is 13.4. The summed E-state index contributed by atoms with van der Waals surface area (Å²) < 4.78 is 25.2. The summed E-state index contributed by atoms with van der Waals surface area (Å²) in [6.45, 7) is 2.00. The molecule has 0 saturated heterocycles. The molecule has 2 fully saturated rings. The zero-order chi connectivity index (χ0) is 16.4. The lowest BCUT2D eigenvalue weighted by Gasteiger charge is -2.15.